The SMILES string of the molecule is NCCCN(Cc1ccc(Cl)cc1)C(=O)c1ccccc1OCc1ccccc1. The zero-order valence-corrected chi connectivity index (χ0v) is 17.0. The Hall–Kier alpha value is -2.82. The first-order chi connectivity index (χ1) is 14.2. The van der Waals surface area contributed by atoms with E-state index in [0.29, 0.717) is 42.6 Å². The molecule has 0 saturated heterocycles. The van der Waals surface area contributed by atoms with Gasteiger partial charge in [-0.15, -0.1) is 0 Å². The summed E-state index contributed by atoms with van der Waals surface area (Å²) in [7, 11) is 0. The first-order valence-corrected chi connectivity index (χ1v) is 10.0. The summed E-state index contributed by atoms with van der Waals surface area (Å²) in [4.78, 5) is 15.1. The largest absolute Gasteiger partial charge is 0.488 e. The second-order valence-electron chi connectivity index (χ2n) is 6.77. The summed E-state index contributed by atoms with van der Waals surface area (Å²) < 4.78 is 5.98. The molecule has 0 saturated carbocycles. The van der Waals surface area contributed by atoms with Crippen molar-refractivity contribution in [2.45, 2.75) is 19.6 Å². The molecule has 0 aliphatic heterocycles. The number of nitrogens with zero attached hydrogens (tertiary/aromatic N) is 1. The van der Waals surface area contributed by atoms with Crippen molar-refractivity contribution in [1.29, 1.82) is 0 Å². The number of nitrogens with two attached hydrogens (primary N) is 1. The van der Waals surface area contributed by atoms with E-state index < -0.39 is 0 Å². The Bertz CT molecular complexity index is 914. The molecule has 3 aromatic carbocycles. The number of carbonyl (C=O) groups excluding carboxylic acids is 1. The predicted molar refractivity (Wildman–Crippen MR) is 117 cm³/mol. The topological polar surface area (TPSA) is 55.6 Å². The second kappa shape index (κ2) is 10.6. The van der Waals surface area contributed by atoms with Crippen molar-refractivity contribution in [3.8, 4) is 5.75 Å². The third-order valence-electron chi connectivity index (χ3n) is 4.56. The first kappa shape index (κ1) is 20.9. The Morgan fingerprint density at radius 2 is 1.59 bits per heavy atom. The lowest BCUT2D eigenvalue weighted by molar-refractivity contribution is 0.0737. The predicted octanol–water partition coefficient (Wildman–Crippen LogP) is 4.91. The molecule has 0 atom stereocenters. The third-order valence-corrected chi connectivity index (χ3v) is 4.81. The molecule has 29 heavy (non-hydrogen) atoms. The van der Waals surface area contributed by atoms with Crippen LogP contribution in [0.3, 0.4) is 0 Å². The Morgan fingerprint density at radius 1 is 0.897 bits per heavy atom. The number of amides is 1. The van der Waals surface area contributed by atoms with Crippen molar-refractivity contribution in [2.75, 3.05) is 13.1 Å². The van der Waals surface area contributed by atoms with Gasteiger partial charge in [0.2, 0.25) is 0 Å². The number of benzene rings is 3. The highest BCUT2D eigenvalue weighted by Crippen LogP contribution is 2.23. The van der Waals surface area contributed by atoms with Crippen LogP contribution in [0.15, 0.2) is 78.9 Å². The monoisotopic (exact) mass is 408 g/mol. The lowest BCUT2D eigenvalue weighted by atomic mass is 10.1. The average Bonchev–Trinajstić information content (AvgIpc) is 2.77. The molecule has 3 rings (SSSR count). The highest BCUT2D eigenvalue weighted by molar-refractivity contribution is 6.30. The molecule has 3 aromatic rings. The minimum Gasteiger partial charge on any atom is -0.488 e. The van der Waals surface area contributed by atoms with E-state index >= 15 is 0 Å². The Morgan fingerprint density at radius 3 is 2.31 bits per heavy atom. The number of hydrogen-bond acceptors (Lipinski definition) is 3. The van der Waals surface area contributed by atoms with E-state index in [9.17, 15) is 4.79 Å². The number of para-hydroxylation sites is 1. The summed E-state index contributed by atoms with van der Waals surface area (Å²) in [6.07, 6.45) is 0.729. The van der Waals surface area contributed by atoms with Gasteiger partial charge in [0, 0.05) is 18.1 Å². The van der Waals surface area contributed by atoms with Crippen LogP contribution >= 0.6 is 11.6 Å². The molecule has 0 bridgehead atoms. The van der Waals surface area contributed by atoms with Crippen molar-refractivity contribution in [3.05, 3.63) is 101 Å². The molecule has 5 heteroatoms. The molecule has 0 spiro atoms. The van der Waals surface area contributed by atoms with Crippen molar-refractivity contribution in [1.82, 2.24) is 4.90 Å². The van der Waals surface area contributed by atoms with Gasteiger partial charge < -0.3 is 15.4 Å². The molecule has 0 aromatic heterocycles. The molecular formula is C24H25ClN2O2. The van der Waals surface area contributed by atoms with E-state index in [1.54, 1.807) is 11.0 Å². The first-order valence-electron chi connectivity index (χ1n) is 9.67. The van der Waals surface area contributed by atoms with Crippen molar-refractivity contribution in [2.24, 2.45) is 5.73 Å². The van der Waals surface area contributed by atoms with E-state index in [2.05, 4.69) is 0 Å². The van der Waals surface area contributed by atoms with Crippen LogP contribution in [0.4, 0.5) is 0 Å². The number of carbonyl (C=O) groups is 1. The van der Waals surface area contributed by atoms with E-state index in [0.717, 1.165) is 17.5 Å². The van der Waals surface area contributed by atoms with Gasteiger partial charge in [0.05, 0.1) is 5.56 Å². The van der Waals surface area contributed by atoms with Crippen LogP contribution in [0, 0.1) is 0 Å². The minimum absolute atomic E-state index is 0.0722. The van der Waals surface area contributed by atoms with Crippen LogP contribution in [-0.4, -0.2) is 23.9 Å². The van der Waals surface area contributed by atoms with Gasteiger partial charge in [0.15, 0.2) is 0 Å². The Labute approximate surface area is 176 Å². The number of ether oxygens (including phenoxy) is 1. The molecule has 0 aliphatic carbocycles. The highest BCUT2D eigenvalue weighted by atomic mass is 35.5. The van der Waals surface area contributed by atoms with E-state index in [1.165, 1.54) is 0 Å². The van der Waals surface area contributed by atoms with Gasteiger partial charge in [-0.05, 0) is 48.4 Å². The van der Waals surface area contributed by atoms with Gasteiger partial charge >= 0.3 is 0 Å². The number of halogens is 1. The van der Waals surface area contributed by atoms with Gasteiger partial charge in [-0.2, -0.15) is 0 Å². The van der Waals surface area contributed by atoms with Crippen LogP contribution in [0.1, 0.15) is 27.9 Å². The standard InChI is InChI=1S/C24H25ClN2O2/c25-21-13-11-19(12-14-21)17-27(16-6-15-26)24(28)22-9-4-5-10-23(22)29-18-20-7-2-1-3-8-20/h1-5,7-14H,6,15-18,26H2. The van der Waals surface area contributed by atoms with Gasteiger partial charge in [0.25, 0.3) is 5.91 Å². The second-order valence-corrected chi connectivity index (χ2v) is 7.20. The lowest BCUT2D eigenvalue weighted by Gasteiger charge is -2.24. The molecule has 0 heterocycles. The van der Waals surface area contributed by atoms with Crippen molar-refractivity contribution in [3.63, 3.8) is 0 Å². The quantitative estimate of drug-likeness (QED) is 0.547. The lowest BCUT2D eigenvalue weighted by Crippen LogP contribution is -2.32. The maximum absolute atomic E-state index is 13.3. The Kier molecular flexibility index (Phi) is 7.68. The minimum atomic E-state index is -0.0722. The van der Waals surface area contributed by atoms with Crippen LogP contribution in [-0.2, 0) is 13.2 Å². The van der Waals surface area contributed by atoms with E-state index in [1.807, 2.05) is 72.8 Å². The number of hydrogen-bond donors (Lipinski definition) is 1. The summed E-state index contributed by atoms with van der Waals surface area (Å²) in [6.45, 7) is 2.00. The molecule has 0 fully saturated rings. The summed E-state index contributed by atoms with van der Waals surface area (Å²) in [6, 6.07) is 24.8. The zero-order chi connectivity index (χ0) is 20.5. The van der Waals surface area contributed by atoms with Crippen LogP contribution in [0.5, 0.6) is 5.75 Å². The molecule has 1 amide bonds. The normalized spacial score (nSPS) is 10.6. The average molecular weight is 409 g/mol. The van der Waals surface area contributed by atoms with E-state index in [4.69, 9.17) is 22.1 Å². The maximum Gasteiger partial charge on any atom is 0.257 e. The summed E-state index contributed by atoms with van der Waals surface area (Å²) in [5, 5.41) is 0.674. The molecule has 0 aliphatic rings. The van der Waals surface area contributed by atoms with Gasteiger partial charge in [-0.25, -0.2) is 0 Å². The molecule has 4 nitrogen and oxygen atoms in total. The molecular weight excluding hydrogens is 384 g/mol. The van der Waals surface area contributed by atoms with Crippen molar-refractivity contribution < 1.29 is 9.53 Å². The summed E-state index contributed by atoms with van der Waals surface area (Å²) in [5.41, 5.74) is 8.31. The van der Waals surface area contributed by atoms with Gasteiger partial charge in [-0.3, -0.25) is 4.79 Å². The van der Waals surface area contributed by atoms with Gasteiger partial charge in [0.1, 0.15) is 12.4 Å². The third kappa shape index (κ3) is 6.08. The van der Waals surface area contributed by atoms with Crippen LogP contribution in [0.2, 0.25) is 5.02 Å². The molecule has 0 unspecified atom stereocenters. The summed E-state index contributed by atoms with van der Waals surface area (Å²) >= 11 is 5.98. The Balaban J connectivity index is 1.78. The fourth-order valence-corrected chi connectivity index (χ4v) is 3.15. The van der Waals surface area contributed by atoms with Crippen molar-refractivity contribution >= 4 is 17.5 Å². The highest BCUT2D eigenvalue weighted by Gasteiger charge is 2.19. The fourth-order valence-electron chi connectivity index (χ4n) is 3.02. The fraction of sp³-hybridized carbons (Fsp3) is 0.208. The maximum atomic E-state index is 13.3. The summed E-state index contributed by atoms with van der Waals surface area (Å²) in [5.74, 6) is 0.507. The van der Waals surface area contributed by atoms with Crippen LogP contribution < -0.4 is 10.5 Å². The molecule has 150 valence electrons. The van der Waals surface area contributed by atoms with Crippen LogP contribution in [0.25, 0.3) is 0 Å². The van der Waals surface area contributed by atoms with E-state index in [-0.39, 0.29) is 5.91 Å². The zero-order valence-electron chi connectivity index (χ0n) is 16.3. The molecule has 2 N–H and O–H groups in total. The smallest absolute Gasteiger partial charge is 0.257 e. The molecule has 0 radical (unpaired) electrons. The van der Waals surface area contributed by atoms with Gasteiger partial charge in [-0.1, -0.05) is 66.2 Å². The number of rotatable bonds is 9.